The van der Waals surface area contributed by atoms with Crippen LogP contribution in [0.5, 0.6) is 0 Å². The summed E-state index contributed by atoms with van der Waals surface area (Å²) in [7, 11) is 3.32. The largest absolute Gasteiger partial charge is 0.376 e. The molecule has 2 unspecified atom stereocenters. The van der Waals surface area contributed by atoms with E-state index in [4.69, 9.17) is 0 Å². The Hall–Kier alpha value is -2.11. The van der Waals surface area contributed by atoms with E-state index in [-0.39, 0.29) is 17.6 Å². The van der Waals surface area contributed by atoms with E-state index in [0.29, 0.717) is 17.2 Å². The van der Waals surface area contributed by atoms with E-state index in [1.807, 2.05) is 0 Å². The van der Waals surface area contributed by atoms with Crippen LogP contribution in [-0.4, -0.2) is 35.9 Å². The molecule has 0 spiro atoms. The van der Waals surface area contributed by atoms with Gasteiger partial charge in [-0.1, -0.05) is 13.3 Å². The molecule has 0 bridgehead atoms. The fourth-order valence-corrected chi connectivity index (χ4v) is 2.52. The minimum absolute atomic E-state index is 0.0208. The zero-order valence-electron chi connectivity index (χ0n) is 12.6. The Morgan fingerprint density at radius 3 is 2.76 bits per heavy atom. The van der Waals surface area contributed by atoms with Gasteiger partial charge in [-0.25, -0.2) is 0 Å². The molecule has 1 aliphatic rings. The maximum atomic E-state index is 12.0. The highest BCUT2D eigenvalue weighted by molar-refractivity contribution is 5.95. The molecule has 1 aromatic carbocycles. The van der Waals surface area contributed by atoms with Crippen LogP contribution < -0.4 is 5.32 Å². The molecule has 1 amide bonds. The third-order valence-corrected chi connectivity index (χ3v) is 3.77. The third kappa shape index (κ3) is 3.51. The number of carbonyl (C=O) groups is 1. The van der Waals surface area contributed by atoms with Gasteiger partial charge in [-0.15, -0.1) is 0 Å². The highest BCUT2D eigenvalue weighted by atomic mass is 16.6. The third-order valence-electron chi connectivity index (χ3n) is 3.77. The van der Waals surface area contributed by atoms with E-state index in [1.165, 1.54) is 17.0 Å². The van der Waals surface area contributed by atoms with Crippen LogP contribution in [0.25, 0.3) is 0 Å². The molecule has 114 valence electrons. The Morgan fingerprint density at radius 1 is 1.48 bits per heavy atom. The van der Waals surface area contributed by atoms with Crippen LogP contribution in [0.2, 0.25) is 0 Å². The lowest BCUT2D eigenvalue weighted by atomic mass is 10.1. The Balaban J connectivity index is 2.22. The van der Waals surface area contributed by atoms with Crippen molar-refractivity contribution in [1.29, 1.82) is 0 Å². The number of hydrogen-bond donors (Lipinski definition) is 1. The van der Waals surface area contributed by atoms with Crippen molar-refractivity contribution in [3.05, 3.63) is 33.9 Å². The number of nitrogens with one attached hydrogen (secondary N) is 1. The van der Waals surface area contributed by atoms with Crippen molar-refractivity contribution in [2.24, 2.45) is 5.92 Å². The van der Waals surface area contributed by atoms with Crippen molar-refractivity contribution < 1.29 is 9.72 Å². The van der Waals surface area contributed by atoms with Crippen molar-refractivity contribution in [2.75, 3.05) is 19.4 Å². The summed E-state index contributed by atoms with van der Waals surface area (Å²) in [6.07, 6.45) is 3.28. The van der Waals surface area contributed by atoms with Gasteiger partial charge in [0, 0.05) is 31.8 Å². The van der Waals surface area contributed by atoms with Gasteiger partial charge in [0.05, 0.1) is 4.92 Å². The van der Waals surface area contributed by atoms with Crippen LogP contribution in [-0.2, 0) is 0 Å². The Morgan fingerprint density at radius 2 is 2.19 bits per heavy atom. The van der Waals surface area contributed by atoms with Crippen molar-refractivity contribution in [2.45, 2.75) is 32.2 Å². The second-order valence-electron chi connectivity index (χ2n) is 5.72. The van der Waals surface area contributed by atoms with E-state index in [0.717, 1.165) is 19.3 Å². The Bertz CT molecular complexity index is 557. The molecule has 21 heavy (non-hydrogen) atoms. The quantitative estimate of drug-likeness (QED) is 0.646. The summed E-state index contributed by atoms with van der Waals surface area (Å²) in [5.74, 6) is 0.427. The molecule has 6 heteroatoms. The van der Waals surface area contributed by atoms with Crippen LogP contribution in [0.1, 0.15) is 36.5 Å². The van der Waals surface area contributed by atoms with E-state index >= 15 is 0 Å². The molecular formula is C15H21N3O3. The number of benzene rings is 1. The molecule has 6 nitrogen and oxygen atoms in total. The summed E-state index contributed by atoms with van der Waals surface area (Å²) in [5.41, 5.74) is 0.921. The van der Waals surface area contributed by atoms with Crippen molar-refractivity contribution in [1.82, 2.24) is 4.90 Å². The fraction of sp³-hybridized carbons (Fsp3) is 0.533. The molecule has 0 aliphatic heterocycles. The van der Waals surface area contributed by atoms with Gasteiger partial charge in [0.1, 0.15) is 5.69 Å². The SMILES string of the molecule is CCCC1CC1Nc1cc(C(=O)N(C)C)ccc1[N+](=O)[O-]. The molecule has 2 rings (SSSR count). The maximum Gasteiger partial charge on any atom is 0.292 e. The van der Waals surface area contributed by atoms with E-state index < -0.39 is 4.92 Å². The van der Waals surface area contributed by atoms with Gasteiger partial charge in [-0.05, 0) is 30.9 Å². The molecule has 0 aromatic heterocycles. The minimum atomic E-state index is -0.413. The second-order valence-corrected chi connectivity index (χ2v) is 5.72. The summed E-state index contributed by atoms with van der Waals surface area (Å²) in [6.45, 7) is 2.13. The molecule has 1 N–H and O–H groups in total. The summed E-state index contributed by atoms with van der Waals surface area (Å²) in [6, 6.07) is 4.77. The average Bonchev–Trinajstić information content (AvgIpc) is 3.15. The smallest absolute Gasteiger partial charge is 0.292 e. The lowest BCUT2D eigenvalue weighted by Crippen LogP contribution is -2.22. The van der Waals surface area contributed by atoms with E-state index in [1.54, 1.807) is 20.2 Å². The molecular weight excluding hydrogens is 270 g/mol. The normalized spacial score (nSPS) is 20.0. The summed E-state index contributed by atoms with van der Waals surface area (Å²) in [5, 5.41) is 14.3. The monoisotopic (exact) mass is 291 g/mol. The van der Waals surface area contributed by atoms with Gasteiger partial charge >= 0.3 is 0 Å². The highest BCUT2D eigenvalue weighted by Gasteiger charge is 2.37. The first-order valence-electron chi connectivity index (χ1n) is 7.20. The van der Waals surface area contributed by atoms with Crippen molar-refractivity contribution >= 4 is 17.3 Å². The zero-order chi connectivity index (χ0) is 15.6. The Labute approximate surface area is 124 Å². The fourth-order valence-electron chi connectivity index (χ4n) is 2.52. The molecule has 1 saturated carbocycles. The molecule has 0 saturated heterocycles. The molecule has 1 aromatic rings. The molecule has 0 heterocycles. The number of nitro benzene ring substituents is 1. The van der Waals surface area contributed by atoms with Gasteiger partial charge in [-0.2, -0.15) is 0 Å². The molecule has 1 fully saturated rings. The van der Waals surface area contributed by atoms with Gasteiger partial charge in [0.2, 0.25) is 0 Å². The predicted molar refractivity (Wildman–Crippen MR) is 81.5 cm³/mol. The van der Waals surface area contributed by atoms with Crippen LogP contribution in [0, 0.1) is 16.0 Å². The average molecular weight is 291 g/mol. The molecule has 1 aliphatic carbocycles. The van der Waals surface area contributed by atoms with Crippen molar-refractivity contribution in [3.63, 3.8) is 0 Å². The van der Waals surface area contributed by atoms with Crippen LogP contribution in [0.3, 0.4) is 0 Å². The van der Waals surface area contributed by atoms with Crippen LogP contribution in [0.15, 0.2) is 18.2 Å². The number of anilines is 1. The first-order valence-corrected chi connectivity index (χ1v) is 7.20. The second kappa shape index (κ2) is 6.11. The number of nitro groups is 1. The predicted octanol–water partition coefficient (Wildman–Crippen LogP) is 2.90. The molecule has 0 radical (unpaired) electrons. The van der Waals surface area contributed by atoms with Gasteiger partial charge in [-0.3, -0.25) is 14.9 Å². The van der Waals surface area contributed by atoms with Gasteiger partial charge in [0.25, 0.3) is 11.6 Å². The highest BCUT2D eigenvalue weighted by Crippen LogP contribution is 2.39. The van der Waals surface area contributed by atoms with E-state index in [9.17, 15) is 14.9 Å². The maximum absolute atomic E-state index is 12.0. The zero-order valence-corrected chi connectivity index (χ0v) is 12.6. The molecule has 2 atom stereocenters. The lowest BCUT2D eigenvalue weighted by Gasteiger charge is -2.12. The minimum Gasteiger partial charge on any atom is -0.376 e. The first kappa shape index (κ1) is 15.3. The standard InChI is InChI=1S/C15H21N3O3/c1-4-5-10-8-12(10)16-13-9-11(15(19)17(2)3)6-7-14(13)18(20)21/h6-7,9-10,12,16H,4-5,8H2,1-3H3. The summed E-state index contributed by atoms with van der Waals surface area (Å²) in [4.78, 5) is 24.1. The number of hydrogen-bond acceptors (Lipinski definition) is 4. The summed E-state index contributed by atoms with van der Waals surface area (Å²) >= 11 is 0. The van der Waals surface area contributed by atoms with E-state index in [2.05, 4.69) is 12.2 Å². The number of amides is 1. The Kier molecular flexibility index (Phi) is 4.45. The first-order chi connectivity index (χ1) is 9.93. The topological polar surface area (TPSA) is 75.5 Å². The van der Waals surface area contributed by atoms with Gasteiger partial charge < -0.3 is 10.2 Å². The number of rotatable bonds is 6. The van der Waals surface area contributed by atoms with Crippen LogP contribution >= 0.6 is 0 Å². The van der Waals surface area contributed by atoms with Crippen LogP contribution in [0.4, 0.5) is 11.4 Å². The van der Waals surface area contributed by atoms with Crippen molar-refractivity contribution in [3.8, 4) is 0 Å². The van der Waals surface area contributed by atoms with Gasteiger partial charge in [0.15, 0.2) is 0 Å². The summed E-state index contributed by atoms with van der Waals surface area (Å²) < 4.78 is 0. The lowest BCUT2D eigenvalue weighted by molar-refractivity contribution is -0.384. The number of carbonyl (C=O) groups excluding carboxylic acids is 1. The number of nitrogens with zero attached hydrogens (tertiary/aromatic N) is 2.